The standard InChI is InChI=1S/C33H29ClN2O7/c1-21-28(31(39)41-20-23-12-8-5-9-13-23)29(24-14-16-25(34)17-15-24)36(27(37)18-26-30(38)43-33(2,3)42-26)32(40)35(21)19-22-10-6-4-7-11-22/h4-18,29H,19-20H2,1-3H3/b26-18-. The molecular formula is C33H29ClN2O7. The number of urea groups is 1. The average Bonchev–Trinajstić information content (AvgIpc) is 3.25. The van der Waals surface area contributed by atoms with Gasteiger partial charge in [0.1, 0.15) is 12.6 Å². The first-order valence-electron chi connectivity index (χ1n) is 13.5. The number of rotatable bonds is 7. The van der Waals surface area contributed by atoms with E-state index in [0.29, 0.717) is 16.3 Å². The summed E-state index contributed by atoms with van der Waals surface area (Å²) in [7, 11) is 0. The lowest BCUT2D eigenvalue weighted by molar-refractivity contribution is -0.159. The van der Waals surface area contributed by atoms with Gasteiger partial charge in [0.25, 0.3) is 5.91 Å². The number of imide groups is 1. The van der Waals surface area contributed by atoms with Crippen LogP contribution in [-0.4, -0.2) is 39.5 Å². The summed E-state index contributed by atoms with van der Waals surface area (Å²) in [6.45, 7) is 4.73. The molecule has 1 unspecified atom stereocenters. The largest absolute Gasteiger partial charge is 0.457 e. The number of nitrogens with zero attached hydrogens (tertiary/aromatic N) is 2. The topological polar surface area (TPSA) is 102 Å². The quantitative estimate of drug-likeness (QED) is 0.240. The molecule has 0 saturated carbocycles. The van der Waals surface area contributed by atoms with Gasteiger partial charge in [-0.1, -0.05) is 84.4 Å². The summed E-state index contributed by atoms with van der Waals surface area (Å²) in [5.74, 6) is -4.08. The van der Waals surface area contributed by atoms with Crippen LogP contribution >= 0.6 is 11.6 Å². The minimum atomic E-state index is -1.28. The summed E-state index contributed by atoms with van der Waals surface area (Å²) >= 11 is 6.16. The molecule has 1 fully saturated rings. The maximum Gasteiger partial charge on any atom is 0.377 e. The van der Waals surface area contributed by atoms with Crippen molar-refractivity contribution in [2.45, 2.75) is 45.8 Å². The van der Waals surface area contributed by atoms with E-state index in [1.54, 1.807) is 31.2 Å². The van der Waals surface area contributed by atoms with E-state index < -0.39 is 35.7 Å². The molecule has 2 aliphatic rings. The molecule has 0 bridgehead atoms. The van der Waals surface area contributed by atoms with Crippen molar-refractivity contribution in [3.8, 4) is 0 Å². The fraction of sp³-hybridized carbons (Fsp3) is 0.212. The lowest BCUT2D eigenvalue weighted by Crippen LogP contribution is -2.52. The number of cyclic esters (lactones) is 1. The van der Waals surface area contributed by atoms with Crippen LogP contribution in [-0.2, 0) is 41.7 Å². The molecule has 10 heteroatoms. The molecule has 2 aliphatic heterocycles. The van der Waals surface area contributed by atoms with Crippen LogP contribution in [0.4, 0.5) is 4.79 Å². The van der Waals surface area contributed by atoms with E-state index in [0.717, 1.165) is 22.1 Å². The van der Waals surface area contributed by atoms with Gasteiger partial charge in [0, 0.05) is 24.6 Å². The number of halogens is 1. The van der Waals surface area contributed by atoms with E-state index in [2.05, 4.69) is 0 Å². The highest BCUT2D eigenvalue weighted by Crippen LogP contribution is 2.40. The summed E-state index contributed by atoms with van der Waals surface area (Å²) in [6, 6.07) is 22.9. The van der Waals surface area contributed by atoms with Crippen LogP contribution in [0.5, 0.6) is 0 Å². The Morgan fingerprint density at radius 2 is 1.51 bits per heavy atom. The van der Waals surface area contributed by atoms with Crippen molar-refractivity contribution in [3.63, 3.8) is 0 Å². The zero-order valence-corrected chi connectivity index (χ0v) is 24.5. The van der Waals surface area contributed by atoms with Gasteiger partial charge in [-0.25, -0.2) is 19.3 Å². The van der Waals surface area contributed by atoms with Gasteiger partial charge in [-0.05, 0) is 35.7 Å². The number of esters is 2. The highest BCUT2D eigenvalue weighted by molar-refractivity contribution is 6.30. The fourth-order valence-electron chi connectivity index (χ4n) is 4.92. The van der Waals surface area contributed by atoms with Crippen LogP contribution in [0.3, 0.4) is 0 Å². The number of amides is 3. The third-order valence-corrected chi connectivity index (χ3v) is 7.20. The highest BCUT2D eigenvalue weighted by atomic mass is 35.5. The molecule has 1 atom stereocenters. The zero-order chi connectivity index (χ0) is 30.7. The number of carbonyl (C=O) groups excluding carboxylic acids is 4. The van der Waals surface area contributed by atoms with Gasteiger partial charge in [-0.2, -0.15) is 0 Å². The molecular weight excluding hydrogens is 572 g/mol. The second-order valence-electron chi connectivity index (χ2n) is 10.5. The molecule has 0 N–H and O–H groups in total. The van der Waals surface area contributed by atoms with Crippen molar-refractivity contribution >= 4 is 35.5 Å². The average molecular weight is 601 g/mol. The third kappa shape index (κ3) is 6.47. The summed E-state index contributed by atoms with van der Waals surface area (Å²) in [5.41, 5.74) is 2.37. The first-order valence-corrected chi connectivity index (χ1v) is 13.9. The summed E-state index contributed by atoms with van der Waals surface area (Å²) < 4.78 is 16.4. The molecule has 2 heterocycles. The smallest absolute Gasteiger partial charge is 0.377 e. The van der Waals surface area contributed by atoms with E-state index in [4.69, 9.17) is 25.8 Å². The van der Waals surface area contributed by atoms with Gasteiger partial charge < -0.3 is 14.2 Å². The number of hydrogen-bond acceptors (Lipinski definition) is 7. The number of ether oxygens (including phenoxy) is 3. The molecule has 1 saturated heterocycles. The van der Waals surface area contributed by atoms with Gasteiger partial charge in [0.15, 0.2) is 0 Å². The fourth-order valence-corrected chi connectivity index (χ4v) is 5.05. The normalized spacial score (nSPS) is 18.9. The Morgan fingerprint density at radius 1 is 0.907 bits per heavy atom. The molecule has 0 aliphatic carbocycles. The van der Waals surface area contributed by atoms with Gasteiger partial charge in [-0.3, -0.25) is 9.69 Å². The Labute approximate surface area is 253 Å². The Morgan fingerprint density at radius 3 is 2.09 bits per heavy atom. The number of allylic oxidation sites excluding steroid dienone is 1. The molecule has 43 heavy (non-hydrogen) atoms. The molecule has 220 valence electrons. The van der Waals surface area contributed by atoms with Crippen LogP contribution in [0.1, 0.15) is 43.5 Å². The first kappa shape index (κ1) is 29.6. The Hall–Kier alpha value is -4.89. The highest BCUT2D eigenvalue weighted by Gasteiger charge is 2.46. The van der Waals surface area contributed by atoms with E-state index >= 15 is 0 Å². The van der Waals surface area contributed by atoms with Crippen molar-refractivity contribution in [2.75, 3.05) is 0 Å². The lowest BCUT2D eigenvalue weighted by atomic mass is 9.92. The van der Waals surface area contributed by atoms with Crippen LogP contribution in [0.15, 0.2) is 108 Å². The predicted molar refractivity (Wildman–Crippen MR) is 157 cm³/mol. The van der Waals surface area contributed by atoms with Crippen molar-refractivity contribution < 1.29 is 33.4 Å². The van der Waals surface area contributed by atoms with Gasteiger partial charge >= 0.3 is 18.0 Å². The lowest BCUT2D eigenvalue weighted by Gasteiger charge is -2.41. The SMILES string of the molecule is CC1=C(C(=O)OCc2ccccc2)C(c2ccc(Cl)cc2)N(C(=O)/C=C2\OC(C)(C)OC2=O)C(=O)N1Cc1ccccc1. The van der Waals surface area contributed by atoms with Gasteiger partial charge in [-0.15, -0.1) is 0 Å². The third-order valence-electron chi connectivity index (χ3n) is 6.95. The Balaban J connectivity index is 1.62. The Kier molecular flexibility index (Phi) is 8.36. The second-order valence-corrected chi connectivity index (χ2v) is 10.9. The van der Waals surface area contributed by atoms with E-state index in [1.165, 1.54) is 18.7 Å². The summed E-state index contributed by atoms with van der Waals surface area (Å²) in [6.07, 6.45) is 0.909. The maximum atomic E-state index is 14.2. The van der Waals surface area contributed by atoms with Gasteiger partial charge in [0.05, 0.1) is 18.2 Å². The maximum absolute atomic E-state index is 14.2. The van der Waals surface area contributed by atoms with Crippen LogP contribution in [0.25, 0.3) is 0 Å². The molecule has 3 amide bonds. The predicted octanol–water partition coefficient (Wildman–Crippen LogP) is 6.06. The van der Waals surface area contributed by atoms with Crippen LogP contribution in [0.2, 0.25) is 5.02 Å². The van der Waals surface area contributed by atoms with Crippen LogP contribution < -0.4 is 0 Å². The van der Waals surface area contributed by atoms with Crippen LogP contribution in [0, 0.1) is 0 Å². The Bertz CT molecular complexity index is 1620. The minimum Gasteiger partial charge on any atom is -0.457 e. The molecule has 3 aromatic rings. The molecule has 0 radical (unpaired) electrons. The molecule has 0 spiro atoms. The molecule has 9 nitrogen and oxygen atoms in total. The van der Waals surface area contributed by atoms with Crippen molar-refractivity contribution in [2.24, 2.45) is 0 Å². The summed E-state index contributed by atoms with van der Waals surface area (Å²) in [4.78, 5) is 56.7. The molecule has 5 rings (SSSR count). The van der Waals surface area contributed by atoms with E-state index in [-0.39, 0.29) is 24.5 Å². The van der Waals surface area contributed by atoms with Crippen molar-refractivity contribution in [1.82, 2.24) is 9.80 Å². The molecule has 0 aromatic heterocycles. The monoisotopic (exact) mass is 600 g/mol. The number of carbonyl (C=O) groups is 4. The second kappa shape index (κ2) is 12.1. The summed E-state index contributed by atoms with van der Waals surface area (Å²) in [5, 5.41) is 0.426. The van der Waals surface area contributed by atoms with Crippen molar-refractivity contribution in [1.29, 1.82) is 0 Å². The van der Waals surface area contributed by atoms with E-state index in [1.807, 2.05) is 60.7 Å². The number of hydrogen-bond donors (Lipinski definition) is 0. The molecule has 3 aromatic carbocycles. The van der Waals surface area contributed by atoms with Crippen molar-refractivity contribution in [3.05, 3.63) is 130 Å². The minimum absolute atomic E-state index is 0.0246. The first-order chi connectivity index (χ1) is 20.5. The van der Waals surface area contributed by atoms with Gasteiger partial charge in [0.2, 0.25) is 11.5 Å². The van der Waals surface area contributed by atoms with E-state index in [9.17, 15) is 19.2 Å². The number of benzene rings is 3. The zero-order valence-electron chi connectivity index (χ0n) is 23.8.